The van der Waals surface area contributed by atoms with Gasteiger partial charge in [0.15, 0.2) is 0 Å². The van der Waals surface area contributed by atoms with Crippen LogP contribution in [0.5, 0.6) is 0 Å². The third kappa shape index (κ3) is 4.06. The zero-order chi connectivity index (χ0) is 19.8. The molecule has 2 aromatic carbocycles. The highest BCUT2D eigenvalue weighted by Crippen LogP contribution is 2.41. The predicted molar refractivity (Wildman–Crippen MR) is 112 cm³/mol. The minimum Gasteiger partial charge on any atom is -0.318 e. The van der Waals surface area contributed by atoms with E-state index in [9.17, 15) is 9.18 Å². The van der Waals surface area contributed by atoms with Crippen molar-refractivity contribution >= 4 is 62.3 Å². The van der Waals surface area contributed by atoms with Crippen molar-refractivity contribution in [1.82, 2.24) is 15.0 Å². The number of amides is 1. The van der Waals surface area contributed by atoms with Gasteiger partial charge in [-0.3, -0.25) is 4.79 Å². The third-order valence-corrected chi connectivity index (χ3v) is 5.74. The molecule has 1 aliphatic rings. The number of fused-ring (bicyclic) bond motifs is 1. The summed E-state index contributed by atoms with van der Waals surface area (Å²) in [5, 5.41) is 4.79. The highest BCUT2D eigenvalue weighted by molar-refractivity contribution is 9.10. The van der Waals surface area contributed by atoms with Gasteiger partial charge in [0.2, 0.25) is 0 Å². The first-order valence-corrected chi connectivity index (χ1v) is 10.1. The molecular formula is C19H14BrCl2FN4O. The highest BCUT2D eigenvalue weighted by Gasteiger charge is 2.30. The van der Waals surface area contributed by atoms with E-state index in [1.165, 1.54) is 12.3 Å². The number of rotatable bonds is 5. The molecule has 1 aromatic heterocycles. The Morgan fingerprint density at radius 2 is 2.07 bits per heavy atom. The molecule has 0 radical (unpaired) electrons. The maximum absolute atomic E-state index is 13.3. The van der Waals surface area contributed by atoms with Crippen molar-refractivity contribution in [3.63, 3.8) is 0 Å². The molecule has 5 nitrogen and oxygen atoms in total. The SMILES string of the molecule is O=C(Cn1c(C2CC2)nc2cc(Cl)c(Cl)cc21)N/N=C/c1ccc(F)c(Br)c1. The summed E-state index contributed by atoms with van der Waals surface area (Å²) in [5.74, 6) is 0.539. The highest BCUT2D eigenvalue weighted by atomic mass is 79.9. The van der Waals surface area contributed by atoms with Gasteiger partial charge in [-0.15, -0.1) is 0 Å². The number of nitrogens with one attached hydrogen (secondary N) is 1. The number of carbonyl (C=O) groups is 1. The first-order valence-electron chi connectivity index (χ1n) is 8.54. The standard InChI is InChI=1S/C19H14BrCl2FN4O/c20-12-5-10(1-4-15(12)23)8-24-26-18(28)9-27-17-7-14(22)13(21)6-16(17)25-19(27)11-2-3-11/h1,4-8,11H,2-3,9H2,(H,26,28)/b24-8+. The minimum atomic E-state index is -0.362. The van der Waals surface area contributed by atoms with Gasteiger partial charge in [0.25, 0.3) is 5.91 Å². The van der Waals surface area contributed by atoms with E-state index in [4.69, 9.17) is 23.2 Å². The van der Waals surface area contributed by atoms with Gasteiger partial charge in [-0.1, -0.05) is 29.3 Å². The Bertz CT molecular complexity index is 1110. The molecule has 4 rings (SSSR count). The second kappa shape index (κ2) is 7.81. The maximum Gasteiger partial charge on any atom is 0.260 e. The Kier molecular flexibility index (Phi) is 5.40. The number of hydrogen-bond donors (Lipinski definition) is 1. The van der Waals surface area contributed by atoms with Gasteiger partial charge in [0, 0.05) is 5.92 Å². The lowest BCUT2D eigenvalue weighted by Gasteiger charge is -2.08. The Morgan fingerprint density at radius 3 is 2.79 bits per heavy atom. The smallest absolute Gasteiger partial charge is 0.260 e. The molecule has 1 amide bonds. The first-order chi connectivity index (χ1) is 13.4. The van der Waals surface area contributed by atoms with Gasteiger partial charge in [-0.25, -0.2) is 14.8 Å². The summed E-state index contributed by atoms with van der Waals surface area (Å²) in [6.45, 7) is 0.0603. The molecule has 1 heterocycles. The fourth-order valence-corrected chi connectivity index (χ4v) is 3.62. The third-order valence-electron chi connectivity index (χ3n) is 4.41. The van der Waals surface area contributed by atoms with Crippen LogP contribution in [0.25, 0.3) is 11.0 Å². The number of benzene rings is 2. The van der Waals surface area contributed by atoms with E-state index in [1.54, 1.807) is 24.3 Å². The summed E-state index contributed by atoms with van der Waals surface area (Å²) in [7, 11) is 0. The summed E-state index contributed by atoms with van der Waals surface area (Å²) in [6.07, 6.45) is 3.54. The molecule has 0 saturated heterocycles. The number of aromatic nitrogens is 2. The maximum atomic E-state index is 13.3. The van der Waals surface area contributed by atoms with E-state index in [-0.39, 0.29) is 18.3 Å². The molecule has 0 unspecified atom stereocenters. The zero-order valence-corrected chi connectivity index (χ0v) is 17.5. The quantitative estimate of drug-likeness (QED) is 0.396. The van der Waals surface area contributed by atoms with Crippen LogP contribution >= 0.6 is 39.1 Å². The summed E-state index contributed by atoms with van der Waals surface area (Å²) >= 11 is 15.4. The van der Waals surface area contributed by atoms with E-state index >= 15 is 0 Å². The topological polar surface area (TPSA) is 59.3 Å². The van der Waals surface area contributed by atoms with Crippen LogP contribution in [-0.2, 0) is 11.3 Å². The Labute approximate surface area is 178 Å². The Hall–Kier alpha value is -1.96. The van der Waals surface area contributed by atoms with E-state index in [0.717, 1.165) is 24.2 Å². The lowest BCUT2D eigenvalue weighted by atomic mass is 10.2. The van der Waals surface area contributed by atoms with Gasteiger partial charge in [0.1, 0.15) is 18.2 Å². The first kappa shape index (κ1) is 19.4. The summed E-state index contributed by atoms with van der Waals surface area (Å²) in [5.41, 5.74) is 4.62. The van der Waals surface area contributed by atoms with Crippen LogP contribution < -0.4 is 5.43 Å². The Balaban J connectivity index is 1.53. The van der Waals surface area contributed by atoms with Crippen molar-refractivity contribution in [2.45, 2.75) is 25.3 Å². The monoisotopic (exact) mass is 482 g/mol. The van der Waals surface area contributed by atoms with Gasteiger partial charge in [-0.2, -0.15) is 5.10 Å². The van der Waals surface area contributed by atoms with Crippen molar-refractivity contribution in [3.05, 3.63) is 62.1 Å². The van der Waals surface area contributed by atoms with Crippen LogP contribution in [0.1, 0.15) is 30.1 Å². The molecular weight excluding hydrogens is 470 g/mol. The molecule has 1 N–H and O–H groups in total. The number of imidazole rings is 1. The van der Waals surface area contributed by atoms with Crippen LogP contribution in [0.2, 0.25) is 10.0 Å². The summed E-state index contributed by atoms with van der Waals surface area (Å²) in [4.78, 5) is 17.0. The van der Waals surface area contributed by atoms with Gasteiger partial charge >= 0.3 is 0 Å². The van der Waals surface area contributed by atoms with Crippen LogP contribution in [0.4, 0.5) is 4.39 Å². The van der Waals surface area contributed by atoms with Gasteiger partial charge in [-0.05, 0) is 58.6 Å². The fraction of sp³-hybridized carbons (Fsp3) is 0.211. The molecule has 1 aliphatic carbocycles. The number of halogens is 4. The van der Waals surface area contributed by atoms with Crippen molar-refractivity contribution in [3.8, 4) is 0 Å². The normalized spacial score (nSPS) is 14.1. The lowest BCUT2D eigenvalue weighted by Crippen LogP contribution is -2.24. The molecule has 0 bridgehead atoms. The average molecular weight is 484 g/mol. The van der Waals surface area contributed by atoms with Crippen molar-refractivity contribution in [2.24, 2.45) is 5.10 Å². The van der Waals surface area contributed by atoms with Gasteiger partial charge in [0.05, 0.1) is 31.8 Å². The van der Waals surface area contributed by atoms with E-state index in [0.29, 0.717) is 31.5 Å². The van der Waals surface area contributed by atoms with Crippen molar-refractivity contribution in [2.75, 3.05) is 0 Å². The molecule has 28 heavy (non-hydrogen) atoms. The second-order valence-electron chi connectivity index (χ2n) is 6.55. The molecule has 9 heteroatoms. The molecule has 0 atom stereocenters. The number of nitrogens with zero attached hydrogens (tertiary/aromatic N) is 3. The molecule has 1 saturated carbocycles. The number of carbonyl (C=O) groups excluding carboxylic acids is 1. The van der Waals surface area contributed by atoms with E-state index in [1.807, 2.05) is 4.57 Å². The molecule has 1 fully saturated rings. The fourth-order valence-electron chi connectivity index (χ4n) is 2.91. The number of hydrazone groups is 1. The van der Waals surface area contributed by atoms with Crippen molar-refractivity contribution in [1.29, 1.82) is 0 Å². The number of hydrogen-bond acceptors (Lipinski definition) is 3. The van der Waals surface area contributed by atoms with Crippen LogP contribution in [0.3, 0.4) is 0 Å². The largest absolute Gasteiger partial charge is 0.318 e. The average Bonchev–Trinajstić information content (AvgIpc) is 3.44. The van der Waals surface area contributed by atoms with E-state index in [2.05, 4.69) is 31.4 Å². The van der Waals surface area contributed by atoms with E-state index < -0.39 is 0 Å². The lowest BCUT2D eigenvalue weighted by molar-refractivity contribution is -0.121. The summed E-state index contributed by atoms with van der Waals surface area (Å²) < 4.78 is 15.4. The van der Waals surface area contributed by atoms with Crippen LogP contribution in [0.15, 0.2) is 39.9 Å². The predicted octanol–water partition coefficient (Wildman–Crippen LogP) is 5.27. The molecule has 3 aromatic rings. The molecule has 144 valence electrons. The van der Waals surface area contributed by atoms with Crippen molar-refractivity contribution < 1.29 is 9.18 Å². The van der Waals surface area contributed by atoms with Crippen LogP contribution in [-0.4, -0.2) is 21.7 Å². The zero-order valence-electron chi connectivity index (χ0n) is 14.4. The molecule has 0 aliphatic heterocycles. The Morgan fingerprint density at radius 1 is 1.32 bits per heavy atom. The molecule has 0 spiro atoms. The van der Waals surface area contributed by atoms with Crippen LogP contribution in [0, 0.1) is 5.82 Å². The van der Waals surface area contributed by atoms with Gasteiger partial charge < -0.3 is 4.57 Å². The summed E-state index contributed by atoms with van der Waals surface area (Å²) in [6, 6.07) is 7.90. The second-order valence-corrected chi connectivity index (χ2v) is 8.22. The minimum absolute atomic E-state index is 0.0603.